The predicted octanol–water partition coefficient (Wildman–Crippen LogP) is 3.03. The minimum absolute atomic E-state index is 0.462. The topological polar surface area (TPSA) is 29.9 Å². The van der Waals surface area contributed by atoms with E-state index in [4.69, 9.17) is 0 Å². The lowest BCUT2D eigenvalue weighted by atomic mass is 9.98. The molecule has 1 aromatic heterocycles. The Bertz CT molecular complexity index is 315. The molecule has 0 aromatic carbocycles. The molecule has 0 spiro atoms. The number of nitrogens with zero attached hydrogens (tertiary/aromatic N) is 2. The Morgan fingerprint density at radius 2 is 2.00 bits per heavy atom. The number of aryl methyl sites for hydroxylation is 1. The quantitative estimate of drug-likeness (QED) is 0.790. The predicted molar refractivity (Wildman–Crippen MR) is 73.2 cm³/mol. The third-order valence-corrected chi connectivity index (χ3v) is 3.32. The van der Waals surface area contributed by atoms with E-state index in [-0.39, 0.29) is 0 Å². The molecule has 98 valence electrons. The Labute approximate surface area is 106 Å². The highest BCUT2D eigenvalue weighted by Crippen LogP contribution is 2.11. The van der Waals surface area contributed by atoms with E-state index in [0.29, 0.717) is 18.0 Å². The van der Waals surface area contributed by atoms with Gasteiger partial charge in [0, 0.05) is 18.3 Å². The Kier molecular flexibility index (Phi) is 5.69. The first-order chi connectivity index (χ1) is 8.04. The maximum absolute atomic E-state index is 4.57. The van der Waals surface area contributed by atoms with Gasteiger partial charge in [-0.05, 0) is 52.1 Å². The van der Waals surface area contributed by atoms with Gasteiger partial charge in [-0.1, -0.05) is 13.8 Å². The van der Waals surface area contributed by atoms with E-state index in [1.54, 1.807) is 0 Å². The largest absolute Gasteiger partial charge is 0.317 e. The van der Waals surface area contributed by atoms with E-state index in [2.05, 4.69) is 57.4 Å². The number of nitrogens with one attached hydrogen (secondary N) is 1. The minimum atomic E-state index is 0.462. The van der Waals surface area contributed by atoms with Crippen LogP contribution in [0.3, 0.4) is 0 Å². The maximum Gasteiger partial charge on any atom is 0.0624 e. The van der Waals surface area contributed by atoms with Crippen molar-refractivity contribution >= 4 is 0 Å². The molecule has 0 saturated carbocycles. The van der Waals surface area contributed by atoms with Gasteiger partial charge in [0.25, 0.3) is 0 Å². The normalized spacial score (nSPS) is 13.6. The molecule has 17 heavy (non-hydrogen) atoms. The Balaban J connectivity index is 2.35. The van der Waals surface area contributed by atoms with Crippen LogP contribution in [-0.4, -0.2) is 22.9 Å². The molecule has 0 amide bonds. The molecule has 0 aliphatic heterocycles. The third kappa shape index (κ3) is 4.50. The van der Waals surface area contributed by atoms with E-state index in [0.717, 1.165) is 6.42 Å². The highest BCUT2D eigenvalue weighted by atomic mass is 15.3. The van der Waals surface area contributed by atoms with Crippen LogP contribution in [0.2, 0.25) is 0 Å². The maximum atomic E-state index is 4.57. The molecule has 1 unspecified atom stereocenters. The molecule has 1 N–H and O–H groups in total. The van der Waals surface area contributed by atoms with Gasteiger partial charge in [-0.25, -0.2) is 0 Å². The molecule has 0 aliphatic carbocycles. The van der Waals surface area contributed by atoms with Crippen molar-refractivity contribution in [3.05, 3.63) is 18.0 Å². The highest BCUT2D eigenvalue weighted by Gasteiger charge is 2.10. The van der Waals surface area contributed by atoms with Gasteiger partial charge in [0.15, 0.2) is 0 Å². The first-order valence-corrected chi connectivity index (χ1v) is 6.76. The van der Waals surface area contributed by atoms with Crippen LogP contribution in [0.15, 0.2) is 12.3 Å². The molecular weight excluding hydrogens is 210 g/mol. The zero-order chi connectivity index (χ0) is 12.8. The van der Waals surface area contributed by atoms with Crippen LogP contribution in [0.4, 0.5) is 0 Å². The number of aromatic nitrogens is 2. The van der Waals surface area contributed by atoms with Crippen LogP contribution in [0.1, 0.15) is 52.3 Å². The zero-order valence-corrected chi connectivity index (χ0v) is 11.9. The average Bonchev–Trinajstić information content (AvgIpc) is 2.72. The summed E-state index contributed by atoms with van der Waals surface area (Å²) in [7, 11) is 2.05. The summed E-state index contributed by atoms with van der Waals surface area (Å²) in [5.41, 5.74) is 1.22. The van der Waals surface area contributed by atoms with Gasteiger partial charge in [-0.15, -0.1) is 0 Å². The van der Waals surface area contributed by atoms with Crippen LogP contribution < -0.4 is 5.32 Å². The Hall–Kier alpha value is -0.830. The summed E-state index contributed by atoms with van der Waals surface area (Å²) < 4.78 is 2.04. The summed E-state index contributed by atoms with van der Waals surface area (Å²) in [6.45, 7) is 8.86. The van der Waals surface area contributed by atoms with Crippen LogP contribution >= 0.6 is 0 Å². The fourth-order valence-electron chi connectivity index (χ4n) is 2.11. The highest BCUT2D eigenvalue weighted by molar-refractivity contribution is 4.99. The second-order valence-electron chi connectivity index (χ2n) is 5.41. The molecular formula is C14H27N3. The molecule has 0 fully saturated rings. The molecule has 3 nitrogen and oxygen atoms in total. The van der Waals surface area contributed by atoms with Crippen molar-refractivity contribution in [3.8, 4) is 0 Å². The van der Waals surface area contributed by atoms with E-state index < -0.39 is 0 Å². The zero-order valence-electron chi connectivity index (χ0n) is 11.9. The molecule has 1 aromatic rings. The monoisotopic (exact) mass is 237 g/mol. The van der Waals surface area contributed by atoms with E-state index in [1.807, 2.05) is 4.68 Å². The summed E-state index contributed by atoms with van der Waals surface area (Å²) in [6.07, 6.45) is 5.60. The van der Waals surface area contributed by atoms with Gasteiger partial charge < -0.3 is 5.32 Å². The number of rotatable bonds is 7. The Morgan fingerprint density at radius 1 is 1.29 bits per heavy atom. The summed E-state index contributed by atoms with van der Waals surface area (Å²) in [6, 6.07) is 3.23. The van der Waals surface area contributed by atoms with E-state index >= 15 is 0 Å². The van der Waals surface area contributed by atoms with Crippen molar-refractivity contribution in [2.24, 2.45) is 5.92 Å². The van der Waals surface area contributed by atoms with Gasteiger partial charge in [0.1, 0.15) is 0 Å². The molecule has 0 radical (unpaired) electrons. The van der Waals surface area contributed by atoms with Crippen molar-refractivity contribution in [1.29, 1.82) is 0 Å². The SMILES string of the molecule is CNC(CCCc1ccn(C(C)C)n1)C(C)C. The minimum Gasteiger partial charge on any atom is -0.317 e. The lowest BCUT2D eigenvalue weighted by molar-refractivity contribution is 0.392. The van der Waals surface area contributed by atoms with Gasteiger partial charge in [-0.3, -0.25) is 4.68 Å². The van der Waals surface area contributed by atoms with Gasteiger partial charge in [0.05, 0.1) is 5.69 Å². The smallest absolute Gasteiger partial charge is 0.0624 e. The first-order valence-electron chi connectivity index (χ1n) is 6.76. The van der Waals surface area contributed by atoms with Crippen LogP contribution in [0.25, 0.3) is 0 Å². The first kappa shape index (κ1) is 14.2. The summed E-state index contributed by atoms with van der Waals surface area (Å²) >= 11 is 0. The van der Waals surface area contributed by atoms with Crippen molar-refractivity contribution in [1.82, 2.24) is 15.1 Å². The molecule has 1 heterocycles. The van der Waals surface area contributed by atoms with Crippen molar-refractivity contribution in [2.45, 2.75) is 59.0 Å². The standard InChI is InChI=1S/C14H27N3/c1-11(2)14(15-5)8-6-7-13-9-10-17(16-13)12(3)4/h9-12,14-15H,6-8H2,1-5H3. The van der Waals surface area contributed by atoms with Crippen molar-refractivity contribution in [3.63, 3.8) is 0 Å². The lowest BCUT2D eigenvalue weighted by Crippen LogP contribution is -2.30. The second kappa shape index (κ2) is 6.80. The van der Waals surface area contributed by atoms with Gasteiger partial charge in [0.2, 0.25) is 0 Å². The molecule has 0 aliphatic rings. The fraction of sp³-hybridized carbons (Fsp3) is 0.786. The number of hydrogen-bond donors (Lipinski definition) is 1. The van der Waals surface area contributed by atoms with Crippen LogP contribution in [0, 0.1) is 5.92 Å². The van der Waals surface area contributed by atoms with Crippen LogP contribution in [0.5, 0.6) is 0 Å². The third-order valence-electron chi connectivity index (χ3n) is 3.32. The average molecular weight is 237 g/mol. The van der Waals surface area contributed by atoms with Crippen LogP contribution in [-0.2, 0) is 6.42 Å². The summed E-state index contributed by atoms with van der Waals surface area (Å²) in [5.74, 6) is 0.702. The second-order valence-corrected chi connectivity index (χ2v) is 5.41. The van der Waals surface area contributed by atoms with E-state index in [9.17, 15) is 0 Å². The number of hydrogen-bond acceptors (Lipinski definition) is 2. The van der Waals surface area contributed by atoms with Crippen molar-refractivity contribution in [2.75, 3.05) is 7.05 Å². The Morgan fingerprint density at radius 3 is 2.47 bits per heavy atom. The van der Waals surface area contributed by atoms with E-state index in [1.165, 1.54) is 18.5 Å². The van der Waals surface area contributed by atoms with Crippen molar-refractivity contribution < 1.29 is 0 Å². The molecule has 1 atom stereocenters. The van der Waals surface area contributed by atoms with Gasteiger partial charge in [-0.2, -0.15) is 5.10 Å². The summed E-state index contributed by atoms with van der Waals surface area (Å²) in [4.78, 5) is 0. The molecule has 1 rings (SSSR count). The fourth-order valence-corrected chi connectivity index (χ4v) is 2.11. The summed E-state index contributed by atoms with van der Waals surface area (Å²) in [5, 5.41) is 7.96. The molecule has 3 heteroatoms. The lowest BCUT2D eigenvalue weighted by Gasteiger charge is -2.19. The molecule has 0 saturated heterocycles. The molecule has 0 bridgehead atoms. The van der Waals surface area contributed by atoms with Gasteiger partial charge >= 0.3 is 0 Å².